The number of piperazine rings is 1. The Hall–Kier alpha value is -2.83. The van der Waals surface area contributed by atoms with Crippen LogP contribution in [-0.2, 0) is 11.3 Å². The van der Waals surface area contributed by atoms with E-state index >= 15 is 0 Å². The Morgan fingerprint density at radius 1 is 1.31 bits per heavy atom. The van der Waals surface area contributed by atoms with Crippen molar-refractivity contribution in [1.82, 2.24) is 25.1 Å². The molecule has 4 rings (SSSR count). The predicted octanol–water partition coefficient (Wildman–Crippen LogP) is 1.82. The molecule has 0 bridgehead atoms. The molecule has 0 spiro atoms. The van der Waals surface area contributed by atoms with Crippen molar-refractivity contribution in [3.63, 3.8) is 0 Å². The van der Waals surface area contributed by atoms with Crippen LogP contribution in [0.4, 0.5) is 4.79 Å². The van der Waals surface area contributed by atoms with E-state index in [4.69, 9.17) is 0 Å². The Morgan fingerprint density at radius 3 is 3.04 bits per heavy atom. The van der Waals surface area contributed by atoms with Crippen LogP contribution in [0.5, 0.6) is 0 Å². The number of amides is 3. The van der Waals surface area contributed by atoms with Gasteiger partial charge in [0.25, 0.3) is 0 Å². The summed E-state index contributed by atoms with van der Waals surface area (Å²) in [4.78, 5) is 30.4. The second-order valence-electron chi connectivity index (χ2n) is 6.95. The summed E-state index contributed by atoms with van der Waals surface area (Å²) in [5.41, 5.74) is 2.00. The maximum absolute atomic E-state index is 12.7. The van der Waals surface area contributed by atoms with Crippen molar-refractivity contribution < 1.29 is 9.59 Å². The van der Waals surface area contributed by atoms with Crippen molar-refractivity contribution in [3.8, 4) is 5.69 Å². The van der Waals surface area contributed by atoms with E-state index in [-0.39, 0.29) is 30.6 Å². The lowest BCUT2D eigenvalue weighted by atomic mass is 9.87. The fourth-order valence-corrected chi connectivity index (χ4v) is 3.92. The molecule has 2 aliphatic rings. The first kappa shape index (κ1) is 16.6. The molecule has 0 radical (unpaired) electrons. The number of nitrogens with one attached hydrogen (secondary N) is 2. The molecule has 2 aromatic rings. The minimum absolute atomic E-state index is 0.0644. The average Bonchev–Trinajstić information content (AvgIpc) is 3.20. The van der Waals surface area contributed by atoms with Gasteiger partial charge < -0.3 is 20.1 Å². The fraction of sp³-hybridized carbons (Fsp3) is 0.421. The van der Waals surface area contributed by atoms with Gasteiger partial charge in [0.05, 0.1) is 12.4 Å². The molecule has 3 amide bonds. The van der Waals surface area contributed by atoms with Crippen molar-refractivity contribution >= 4 is 11.9 Å². The number of carbonyl (C=O) groups is 2. The molecule has 26 heavy (non-hydrogen) atoms. The van der Waals surface area contributed by atoms with Crippen LogP contribution in [0.2, 0.25) is 0 Å². The number of imidazole rings is 1. The van der Waals surface area contributed by atoms with E-state index < -0.39 is 0 Å². The number of fused-ring (bicyclic) bond motifs is 1. The maximum atomic E-state index is 12.7. The molecule has 1 aromatic heterocycles. The van der Waals surface area contributed by atoms with Gasteiger partial charge >= 0.3 is 6.03 Å². The SMILES string of the molecule is O=C1CN(C(=O)NCc2cccc(-n3ccnc3)c2)C2CCCCC2N1. The zero-order chi connectivity index (χ0) is 17.9. The van der Waals surface area contributed by atoms with E-state index in [0.29, 0.717) is 6.54 Å². The number of benzene rings is 1. The van der Waals surface area contributed by atoms with Gasteiger partial charge in [-0.2, -0.15) is 0 Å². The molecule has 2 N–H and O–H groups in total. The first-order chi connectivity index (χ1) is 12.7. The minimum Gasteiger partial charge on any atom is -0.350 e. The Kier molecular flexibility index (Phi) is 4.60. The van der Waals surface area contributed by atoms with Gasteiger partial charge in [0.2, 0.25) is 5.91 Å². The standard InChI is InChI=1S/C19H23N5O2/c25-18-12-24(17-7-2-1-6-16(17)22-18)19(26)21-11-14-4-3-5-15(10-14)23-9-8-20-13-23/h3-5,8-10,13,16-17H,1-2,6-7,11-12H2,(H,21,26)(H,22,25). The van der Waals surface area contributed by atoms with E-state index in [1.807, 2.05) is 35.0 Å². The second-order valence-corrected chi connectivity index (χ2v) is 6.95. The fourth-order valence-electron chi connectivity index (χ4n) is 3.92. The smallest absolute Gasteiger partial charge is 0.318 e. The van der Waals surface area contributed by atoms with Crippen LogP contribution >= 0.6 is 0 Å². The third-order valence-corrected chi connectivity index (χ3v) is 5.21. The predicted molar refractivity (Wildman–Crippen MR) is 96.7 cm³/mol. The summed E-state index contributed by atoms with van der Waals surface area (Å²) in [6.45, 7) is 0.568. The quantitative estimate of drug-likeness (QED) is 0.883. The molecule has 1 saturated carbocycles. The lowest BCUT2D eigenvalue weighted by molar-refractivity contribution is -0.126. The number of carbonyl (C=O) groups excluding carboxylic acids is 2. The van der Waals surface area contributed by atoms with Gasteiger partial charge in [0.1, 0.15) is 6.54 Å². The molecule has 1 aliphatic carbocycles. The van der Waals surface area contributed by atoms with Gasteiger partial charge in [-0.3, -0.25) is 4.79 Å². The number of nitrogens with zero attached hydrogens (tertiary/aromatic N) is 3. The van der Waals surface area contributed by atoms with Gasteiger partial charge in [-0.25, -0.2) is 9.78 Å². The van der Waals surface area contributed by atoms with E-state index in [9.17, 15) is 9.59 Å². The molecule has 2 heterocycles. The minimum atomic E-state index is -0.162. The number of hydrogen-bond acceptors (Lipinski definition) is 3. The summed E-state index contributed by atoms with van der Waals surface area (Å²) < 4.78 is 1.92. The number of urea groups is 1. The van der Waals surface area contributed by atoms with Crippen LogP contribution < -0.4 is 10.6 Å². The third-order valence-electron chi connectivity index (χ3n) is 5.21. The zero-order valence-electron chi connectivity index (χ0n) is 14.6. The molecule has 2 atom stereocenters. The first-order valence-electron chi connectivity index (χ1n) is 9.12. The number of rotatable bonds is 3. The van der Waals surface area contributed by atoms with Crippen molar-refractivity contribution in [2.75, 3.05) is 6.54 Å². The normalized spacial score (nSPS) is 22.5. The molecule has 2 fully saturated rings. The summed E-state index contributed by atoms with van der Waals surface area (Å²) in [5, 5.41) is 6.01. The monoisotopic (exact) mass is 353 g/mol. The van der Waals surface area contributed by atoms with Gasteiger partial charge in [0, 0.05) is 30.7 Å². The van der Waals surface area contributed by atoms with E-state index in [2.05, 4.69) is 15.6 Å². The summed E-state index contributed by atoms with van der Waals surface area (Å²) >= 11 is 0. The molecule has 7 nitrogen and oxygen atoms in total. The molecule has 1 aromatic carbocycles. The molecule has 2 unspecified atom stereocenters. The highest BCUT2D eigenvalue weighted by Crippen LogP contribution is 2.25. The summed E-state index contributed by atoms with van der Waals surface area (Å²) in [6, 6.07) is 8.00. The second kappa shape index (κ2) is 7.19. The zero-order valence-corrected chi connectivity index (χ0v) is 14.6. The lowest BCUT2D eigenvalue weighted by Gasteiger charge is -2.43. The largest absolute Gasteiger partial charge is 0.350 e. The van der Waals surface area contributed by atoms with Gasteiger partial charge in [0.15, 0.2) is 0 Å². The van der Waals surface area contributed by atoms with Gasteiger partial charge in [-0.05, 0) is 30.5 Å². The first-order valence-corrected chi connectivity index (χ1v) is 9.12. The van der Waals surface area contributed by atoms with Crippen molar-refractivity contribution in [3.05, 3.63) is 48.5 Å². The van der Waals surface area contributed by atoms with Crippen LogP contribution in [0.25, 0.3) is 5.69 Å². The Labute approximate surface area is 152 Å². The molecular formula is C19H23N5O2. The van der Waals surface area contributed by atoms with Gasteiger partial charge in [-0.15, -0.1) is 0 Å². The van der Waals surface area contributed by atoms with E-state index in [1.54, 1.807) is 17.4 Å². The van der Waals surface area contributed by atoms with Crippen LogP contribution in [0.1, 0.15) is 31.2 Å². The molecule has 7 heteroatoms. The average molecular weight is 353 g/mol. The van der Waals surface area contributed by atoms with Gasteiger partial charge in [-0.1, -0.05) is 25.0 Å². The highest BCUT2D eigenvalue weighted by atomic mass is 16.2. The van der Waals surface area contributed by atoms with Crippen molar-refractivity contribution in [1.29, 1.82) is 0 Å². The van der Waals surface area contributed by atoms with Crippen LogP contribution in [0, 0.1) is 0 Å². The summed E-state index contributed by atoms with van der Waals surface area (Å²) in [5.74, 6) is -0.0644. The van der Waals surface area contributed by atoms with Crippen LogP contribution in [0.3, 0.4) is 0 Å². The third kappa shape index (κ3) is 3.42. The number of aromatic nitrogens is 2. The molecule has 1 saturated heterocycles. The van der Waals surface area contributed by atoms with E-state index in [0.717, 1.165) is 36.9 Å². The Balaban J connectivity index is 1.42. The maximum Gasteiger partial charge on any atom is 0.318 e. The molecule has 136 valence electrons. The highest BCUT2D eigenvalue weighted by Gasteiger charge is 2.38. The Morgan fingerprint density at radius 2 is 2.19 bits per heavy atom. The lowest BCUT2D eigenvalue weighted by Crippen LogP contribution is -2.64. The van der Waals surface area contributed by atoms with Crippen LogP contribution in [-0.4, -0.2) is 45.0 Å². The summed E-state index contributed by atoms with van der Waals surface area (Å²) in [6.07, 6.45) is 9.48. The topological polar surface area (TPSA) is 79.3 Å². The highest BCUT2D eigenvalue weighted by molar-refractivity contribution is 5.86. The molecular weight excluding hydrogens is 330 g/mol. The molecule has 1 aliphatic heterocycles. The Bertz CT molecular complexity index is 789. The van der Waals surface area contributed by atoms with E-state index in [1.165, 1.54) is 0 Å². The van der Waals surface area contributed by atoms with Crippen molar-refractivity contribution in [2.24, 2.45) is 0 Å². The van der Waals surface area contributed by atoms with Crippen LogP contribution in [0.15, 0.2) is 43.0 Å². The van der Waals surface area contributed by atoms with Crippen molar-refractivity contribution in [2.45, 2.75) is 44.3 Å². The summed E-state index contributed by atoms with van der Waals surface area (Å²) in [7, 11) is 0. The number of hydrogen-bond donors (Lipinski definition) is 2.